The molecule has 0 bridgehead atoms. The summed E-state index contributed by atoms with van der Waals surface area (Å²) in [5.74, 6) is 0.897. The van der Waals surface area contributed by atoms with Crippen molar-refractivity contribution < 1.29 is 0 Å². The minimum absolute atomic E-state index is 0.897. The molecular weight excluding hydrogens is 170 g/mol. The Balaban J connectivity index is 1.87. The van der Waals surface area contributed by atoms with Crippen molar-refractivity contribution in [3.05, 3.63) is 35.9 Å². The predicted octanol–water partition coefficient (Wildman–Crippen LogP) is 2.37. The van der Waals surface area contributed by atoms with Crippen LogP contribution in [0, 0.1) is 12.0 Å². The van der Waals surface area contributed by atoms with Crippen LogP contribution in [-0.2, 0) is 6.42 Å². The van der Waals surface area contributed by atoms with Gasteiger partial charge in [-0.15, -0.1) is 0 Å². The maximum atomic E-state index is 3.07. The van der Waals surface area contributed by atoms with Crippen LogP contribution >= 0.6 is 0 Å². The minimum atomic E-state index is 0.897. The fourth-order valence-corrected chi connectivity index (χ4v) is 2.16. The highest BCUT2D eigenvalue weighted by Gasteiger charge is 2.16. The van der Waals surface area contributed by atoms with Crippen LogP contribution in [0.15, 0.2) is 24.3 Å². The third kappa shape index (κ3) is 2.58. The van der Waals surface area contributed by atoms with E-state index in [1.807, 2.05) is 12.1 Å². The number of nitrogens with zero attached hydrogens (tertiary/aromatic N) is 1. The van der Waals surface area contributed by atoms with Gasteiger partial charge in [0.15, 0.2) is 0 Å². The van der Waals surface area contributed by atoms with Crippen molar-refractivity contribution in [1.29, 1.82) is 0 Å². The van der Waals surface area contributed by atoms with Gasteiger partial charge in [0.05, 0.1) is 0 Å². The van der Waals surface area contributed by atoms with Gasteiger partial charge in [-0.3, -0.25) is 0 Å². The van der Waals surface area contributed by atoms with E-state index in [2.05, 4.69) is 30.1 Å². The van der Waals surface area contributed by atoms with Crippen LogP contribution in [-0.4, -0.2) is 25.0 Å². The molecule has 1 saturated heterocycles. The Morgan fingerprint density at radius 2 is 1.93 bits per heavy atom. The average molecular weight is 188 g/mol. The average Bonchev–Trinajstić information content (AvgIpc) is 2.23. The Labute approximate surface area is 86.7 Å². The van der Waals surface area contributed by atoms with E-state index in [1.54, 1.807) is 0 Å². The Morgan fingerprint density at radius 3 is 2.57 bits per heavy atom. The highest BCUT2D eigenvalue weighted by atomic mass is 15.1. The van der Waals surface area contributed by atoms with Crippen molar-refractivity contribution in [3.8, 4) is 0 Å². The molecule has 14 heavy (non-hydrogen) atoms. The quantitative estimate of drug-likeness (QED) is 0.688. The molecule has 75 valence electrons. The molecule has 0 saturated carbocycles. The first-order valence-electron chi connectivity index (χ1n) is 5.48. The second-order valence-electron chi connectivity index (χ2n) is 4.36. The molecule has 1 aliphatic rings. The molecule has 1 aromatic carbocycles. The van der Waals surface area contributed by atoms with E-state index in [-0.39, 0.29) is 0 Å². The largest absolute Gasteiger partial charge is 0.306 e. The number of benzene rings is 1. The van der Waals surface area contributed by atoms with Crippen LogP contribution in [0.4, 0.5) is 0 Å². The summed E-state index contributed by atoms with van der Waals surface area (Å²) in [6.45, 7) is 2.53. The monoisotopic (exact) mass is 188 g/mol. The van der Waals surface area contributed by atoms with Crippen molar-refractivity contribution in [2.75, 3.05) is 20.1 Å². The summed E-state index contributed by atoms with van der Waals surface area (Å²) in [6, 6.07) is 11.5. The number of hydrogen-bond donors (Lipinski definition) is 0. The van der Waals surface area contributed by atoms with Crippen LogP contribution in [0.1, 0.15) is 18.4 Å². The lowest BCUT2D eigenvalue weighted by Gasteiger charge is -2.28. The fraction of sp³-hybridized carbons (Fsp3) is 0.538. The van der Waals surface area contributed by atoms with Crippen LogP contribution in [0.5, 0.6) is 0 Å². The van der Waals surface area contributed by atoms with Gasteiger partial charge in [0.1, 0.15) is 0 Å². The normalized spacial score (nSPS) is 19.8. The van der Waals surface area contributed by atoms with E-state index in [0.717, 1.165) is 5.92 Å². The number of hydrogen-bond acceptors (Lipinski definition) is 1. The first-order chi connectivity index (χ1) is 6.84. The number of likely N-dealkylation sites (tertiary alicyclic amines) is 1. The lowest BCUT2D eigenvalue weighted by atomic mass is 9.90. The highest BCUT2D eigenvalue weighted by Crippen LogP contribution is 2.20. The van der Waals surface area contributed by atoms with E-state index in [4.69, 9.17) is 0 Å². The summed E-state index contributed by atoms with van der Waals surface area (Å²) in [4.78, 5) is 2.43. The van der Waals surface area contributed by atoms with E-state index in [9.17, 15) is 0 Å². The second-order valence-corrected chi connectivity index (χ2v) is 4.36. The van der Waals surface area contributed by atoms with Crippen molar-refractivity contribution >= 4 is 0 Å². The minimum Gasteiger partial charge on any atom is -0.306 e. The van der Waals surface area contributed by atoms with Gasteiger partial charge in [0.2, 0.25) is 0 Å². The Kier molecular flexibility index (Phi) is 3.20. The first-order valence-corrected chi connectivity index (χ1v) is 5.48. The number of rotatable bonds is 2. The van der Waals surface area contributed by atoms with Crippen molar-refractivity contribution in [2.45, 2.75) is 19.3 Å². The molecule has 1 fully saturated rings. The summed E-state index contributed by atoms with van der Waals surface area (Å²) >= 11 is 0. The molecule has 0 N–H and O–H groups in total. The van der Waals surface area contributed by atoms with Crippen LogP contribution < -0.4 is 0 Å². The van der Waals surface area contributed by atoms with Crippen LogP contribution in [0.3, 0.4) is 0 Å². The standard InChI is InChI=1S/C13H18N/c1-14-9-7-13(8-10-14)11-12-5-3-2-4-6-12/h3-6,13H,7-11H2,1H3. The number of piperidine rings is 1. The van der Waals surface area contributed by atoms with Crippen LogP contribution in [0.2, 0.25) is 0 Å². The highest BCUT2D eigenvalue weighted by molar-refractivity contribution is 5.14. The van der Waals surface area contributed by atoms with Gasteiger partial charge in [0.25, 0.3) is 0 Å². The lowest BCUT2D eigenvalue weighted by Crippen LogP contribution is -2.30. The molecule has 1 aliphatic heterocycles. The van der Waals surface area contributed by atoms with Gasteiger partial charge in [-0.2, -0.15) is 0 Å². The van der Waals surface area contributed by atoms with E-state index >= 15 is 0 Å². The molecule has 0 aliphatic carbocycles. The summed E-state index contributed by atoms with van der Waals surface area (Å²) in [6.07, 6.45) is 3.97. The third-order valence-electron chi connectivity index (χ3n) is 3.15. The van der Waals surface area contributed by atoms with Gasteiger partial charge < -0.3 is 4.90 Å². The predicted molar refractivity (Wildman–Crippen MR) is 59.2 cm³/mol. The summed E-state index contributed by atoms with van der Waals surface area (Å²) in [5.41, 5.74) is 1.47. The molecule has 0 aromatic heterocycles. The molecule has 1 nitrogen and oxygen atoms in total. The molecule has 1 heterocycles. The van der Waals surface area contributed by atoms with Crippen molar-refractivity contribution in [2.24, 2.45) is 5.92 Å². The van der Waals surface area contributed by atoms with Crippen molar-refractivity contribution in [1.82, 2.24) is 4.90 Å². The van der Waals surface area contributed by atoms with Gasteiger partial charge >= 0.3 is 0 Å². The molecule has 1 heteroatoms. The Hall–Kier alpha value is -0.820. The topological polar surface area (TPSA) is 3.24 Å². The second kappa shape index (κ2) is 4.61. The van der Waals surface area contributed by atoms with Crippen LogP contribution in [0.25, 0.3) is 0 Å². The fourth-order valence-electron chi connectivity index (χ4n) is 2.16. The molecule has 2 rings (SSSR count). The molecule has 1 aromatic rings. The smallest absolute Gasteiger partial charge is 0.00190 e. The summed E-state index contributed by atoms with van der Waals surface area (Å²) in [7, 11) is 2.22. The van der Waals surface area contributed by atoms with Crippen molar-refractivity contribution in [3.63, 3.8) is 0 Å². The lowest BCUT2D eigenvalue weighted by molar-refractivity contribution is 0.219. The molecule has 0 atom stereocenters. The van der Waals surface area contributed by atoms with Gasteiger partial charge in [0, 0.05) is 0 Å². The molecule has 0 spiro atoms. The summed E-state index contributed by atoms with van der Waals surface area (Å²) in [5, 5.41) is 0. The van der Waals surface area contributed by atoms with E-state index in [1.165, 1.54) is 37.9 Å². The zero-order valence-corrected chi connectivity index (χ0v) is 8.87. The molecule has 0 unspecified atom stereocenters. The Bertz CT molecular complexity index is 260. The first kappa shape index (κ1) is 9.72. The van der Waals surface area contributed by atoms with E-state index < -0.39 is 0 Å². The van der Waals surface area contributed by atoms with Gasteiger partial charge in [-0.1, -0.05) is 24.3 Å². The van der Waals surface area contributed by atoms with E-state index in [0.29, 0.717) is 0 Å². The van der Waals surface area contributed by atoms with Gasteiger partial charge in [-0.05, 0) is 56.9 Å². The maximum Gasteiger partial charge on any atom is -0.00190 e. The molecular formula is C13H18N. The maximum absolute atomic E-state index is 3.07. The SMILES string of the molecule is CN1CCC(Cc2cc[c]cc2)CC1. The summed E-state index contributed by atoms with van der Waals surface area (Å²) < 4.78 is 0. The molecule has 1 radical (unpaired) electrons. The zero-order chi connectivity index (χ0) is 9.80. The molecule has 0 amide bonds. The third-order valence-corrected chi connectivity index (χ3v) is 3.15. The Morgan fingerprint density at radius 1 is 1.29 bits per heavy atom. The van der Waals surface area contributed by atoms with Gasteiger partial charge in [-0.25, -0.2) is 0 Å². The zero-order valence-electron chi connectivity index (χ0n) is 8.87.